The molecule has 4 rings (SSSR count). The predicted molar refractivity (Wildman–Crippen MR) is 115 cm³/mol. The number of carbonyl (C=O) groups excluding carboxylic acids is 1. The van der Waals surface area contributed by atoms with Crippen molar-refractivity contribution in [1.82, 2.24) is 4.98 Å². The Kier molecular flexibility index (Phi) is 6.22. The Labute approximate surface area is 175 Å². The number of aryl methyl sites for hydroxylation is 1. The molecule has 0 amide bonds. The van der Waals surface area contributed by atoms with Crippen LogP contribution in [-0.4, -0.2) is 18.1 Å². The molecule has 3 aromatic rings. The van der Waals surface area contributed by atoms with Gasteiger partial charge in [0.15, 0.2) is 0 Å². The molecule has 28 heavy (non-hydrogen) atoms. The van der Waals surface area contributed by atoms with Crippen molar-refractivity contribution in [2.75, 3.05) is 12.4 Å². The van der Waals surface area contributed by atoms with Gasteiger partial charge in [-0.05, 0) is 67.3 Å². The van der Waals surface area contributed by atoms with Crippen LogP contribution < -0.4 is 5.32 Å². The van der Waals surface area contributed by atoms with Gasteiger partial charge in [0.1, 0.15) is 0 Å². The summed E-state index contributed by atoms with van der Waals surface area (Å²) in [5.41, 5.74) is 6.81. The highest BCUT2D eigenvalue weighted by molar-refractivity contribution is 6.30. The Bertz CT molecular complexity index is 1000. The molecular weight excluding hydrogens is 395 g/mol. The summed E-state index contributed by atoms with van der Waals surface area (Å²) in [6, 6.07) is 17.1. The molecule has 0 saturated carbocycles. The number of ether oxygens (including phenoxy) is 1. The number of pyridine rings is 1. The van der Waals surface area contributed by atoms with Crippen molar-refractivity contribution in [2.45, 2.75) is 19.3 Å². The lowest BCUT2D eigenvalue weighted by Gasteiger charge is -2.14. The van der Waals surface area contributed by atoms with E-state index in [1.165, 1.54) is 12.7 Å². The van der Waals surface area contributed by atoms with Gasteiger partial charge in [-0.1, -0.05) is 23.7 Å². The number of benzene rings is 2. The van der Waals surface area contributed by atoms with Crippen molar-refractivity contribution in [3.63, 3.8) is 0 Å². The quantitative estimate of drug-likeness (QED) is 0.544. The number of esters is 1. The summed E-state index contributed by atoms with van der Waals surface area (Å²) in [7, 11) is 1.38. The summed E-state index contributed by atoms with van der Waals surface area (Å²) in [6.07, 6.45) is 3.11. The number of anilines is 2. The minimum Gasteiger partial charge on any atom is -0.465 e. The third-order valence-corrected chi connectivity index (χ3v) is 4.99. The van der Waals surface area contributed by atoms with Crippen LogP contribution in [-0.2, 0) is 17.6 Å². The summed E-state index contributed by atoms with van der Waals surface area (Å²) in [6.45, 7) is 0. The average molecular weight is 415 g/mol. The maximum Gasteiger partial charge on any atom is 0.337 e. The first-order valence-electron chi connectivity index (χ1n) is 8.88. The van der Waals surface area contributed by atoms with Crippen molar-refractivity contribution < 1.29 is 9.53 Å². The van der Waals surface area contributed by atoms with Crippen LogP contribution in [0.15, 0.2) is 54.6 Å². The topological polar surface area (TPSA) is 51.2 Å². The third-order valence-electron chi connectivity index (χ3n) is 4.76. The van der Waals surface area contributed by atoms with Crippen molar-refractivity contribution in [1.29, 1.82) is 0 Å². The lowest BCUT2D eigenvalue weighted by molar-refractivity contribution is 0.0601. The molecule has 1 N–H and O–H groups in total. The van der Waals surface area contributed by atoms with E-state index in [0.29, 0.717) is 10.6 Å². The summed E-state index contributed by atoms with van der Waals surface area (Å²) in [5.74, 6) is -0.338. The van der Waals surface area contributed by atoms with E-state index in [2.05, 4.69) is 11.4 Å². The lowest BCUT2D eigenvalue weighted by atomic mass is 10.1. The van der Waals surface area contributed by atoms with Crippen LogP contribution in [0.2, 0.25) is 5.02 Å². The molecule has 0 unspecified atom stereocenters. The van der Waals surface area contributed by atoms with E-state index >= 15 is 0 Å². The largest absolute Gasteiger partial charge is 0.465 e. The molecule has 0 fully saturated rings. The molecule has 0 atom stereocenters. The zero-order chi connectivity index (χ0) is 18.8. The van der Waals surface area contributed by atoms with E-state index in [1.807, 2.05) is 36.4 Å². The number of hydrogen-bond acceptors (Lipinski definition) is 4. The van der Waals surface area contributed by atoms with E-state index in [-0.39, 0.29) is 18.4 Å². The lowest BCUT2D eigenvalue weighted by Crippen LogP contribution is -2.02. The van der Waals surface area contributed by atoms with Gasteiger partial charge in [-0.3, -0.25) is 4.98 Å². The Morgan fingerprint density at radius 1 is 1.11 bits per heavy atom. The summed E-state index contributed by atoms with van der Waals surface area (Å²) < 4.78 is 4.75. The number of halogens is 2. The van der Waals surface area contributed by atoms with Crippen LogP contribution in [0.25, 0.3) is 11.3 Å². The monoisotopic (exact) mass is 414 g/mol. The van der Waals surface area contributed by atoms with Gasteiger partial charge < -0.3 is 10.1 Å². The molecule has 0 radical (unpaired) electrons. The molecule has 0 saturated heterocycles. The number of nitrogens with zero attached hydrogens (tertiary/aromatic N) is 1. The number of fused-ring (bicyclic) bond motifs is 1. The molecule has 0 bridgehead atoms. The molecule has 2 aromatic carbocycles. The van der Waals surface area contributed by atoms with E-state index in [4.69, 9.17) is 21.3 Å². The summed E-state index contributed by atoms with van der Waals surface area (Å²) in [4.78, 5) is 16.5. The average Bonchev–Trinajstić information content (AvgIpc) is 3.17. The number of hydrogen-bond donors (Lipinski definition) is 1. The highest BCUT2D eigenvalue weighted by Crippen LogP contribution is 2.34. The molecule has 1 aliphatic rings. The van der Waals surface area contributed by atoms with E-state index < -0.39 is 0 Å². The van der Waals surface area contributed by atoms with Crippen molar-refractivity contribution in [3.05, 3.63) is 76.4 Å². The highest BCUT2D eigenvalue weighted by Gasteiger charge is 2.19. The molecule has 0 spiro atoms. The molecular formula is C22H20Cl2N2O2. The molecule has 144 valence electrons. The molecule has 4 nitrogen and oxygen atoms in total. The Morgan fingerprint density at radius 2 is 1.89 bits per heavy atom. The first-order chi connectivity index (χ1) is 13.1. The van der Waals surface area contributed by atoms with Gasteiger partial charge in [-0.15, -0.1) is 12.4 Å². The maximum absolute atomic E-state index is 11.6. The van der Waals surface area contributed by atoms with Crippen molar-refractivity contribution >= 4 is 41.4 Å². The molecule has 1 aliphatic carbocycles. The summed E-state index contributed by atoms with van der Waals surface area (Å²) >= 11 is 6.15. The molecule has 0 aliphatic heterocycles. The number of aromatic nitrogens is 1. The van der Waals surface area contributed by atoms with E-state index in [9.17, 15) is 4.79 Å². The van der Waals surface area contributed by atoms with Crippen molar-refractivity contribution in [3.8, 4) is 11.3 Å². The minimum absolute atomic E-state index is 0. The Hall–Kier alpha value is -2.56. The number of carbonyl (C=O) groups is 1. The maximum atomic E-state index is 11.6. The van der Waals surface area contributed by atoms with Crippen LogP contribution in [0.5, 0.6) is 0 Å². The zero-order valence-electron chi connectivity index (χ0n) is 15.4. The summed E-state index contributed by atoms with van der Waals surface area (Å²) in [5, 5.41) is 4.19. The second-order valence-corrected chi connectivity index (χ2v) is 6.97. The smallest absolute Gasteiger partial charge is 0.337 e. The Morgan fingerprint density at radius 3 is 2.61 bits per heavy atom. The SMILES string of the molecule is COC(=O)c1ccc(Nc2cc(-c3cccc(Cl)c3)nc3c2CCC3)cc1.Cl. The van der Waals surface area contributed by atoms with Crippen molar-refractivity contribution in [2.24, 2.45) is 0 Å². The van der Waals surface area contributed by atoms with Crippen LogP contribution >= 0.6 is 24.0 Å². The molecule has 1 aromatic heterocycles. The second-order valence-electron chi connectivity index (χ2n) is 6.54. The highest BCUT2D eigenvalue weighted by atomic mass is 35.5. The number of nitrogens with one attached hydrogen (secondary N) is 1. The van der Waals surface area contributed by atoms with Gasteiger partial charge in [0.2, 0.25) is 0 Å². The molecule has 6 heteroatoms. The minimum atomic E-state index is -0.338. The van der Waals surface area contributed by atoms with Gasteiger partial charge in [-0.2, -0.15) is 0 Å². The van der Waals surface area contributed by atoms with Gasteiger partial charge in [-0.25, -0.2) is 4.79 Å². The van der Waals surface area contributed by atoms with Crippen LogP contribution in [0.4, 0.5) is 11.4 Å². The van der Waals surface area contributed by atoms with Gasteiger partial charge in [0.05, 0.1) is 18.4 Å². The fourth-order valence-corrected chi connectivity index (χ4v) is 3.60. The molecule has 1 heterocycles. The van der Waals surface area contributed by atoms with E-state index in [0.717, 1.165) is 47.6 Å². The second kappa shape index (κ2) is 8.63. The standard InChI is InChI=1S/C22H19ClN2O2.ClH/c1-27-22(26)14-8-10-17(11-9-14)24-21-13-20(15-4-2-5-16(23)12-15)25-19-7-3-6-18(19)21;/h2,4-5,8-13H,3,6-7H2,1H3,(H,24,25);1H. The predicted octanol–water partition coefficient (Wildman–Crippen LogP) is 5.84. The van der Waals surface area contributed by atoms with Crippen LogP contribution in [0.1, 0.15) is 28.0 Å². The number of rotatable bonds is 4. The van der Waals surface area contributed by atoms with Crippen LogP contribution in [0.3, 0.4) is 0 Å². The first kappa shape index (κ1) is 20.2. The van der Waals surface area contributed by atoms with Gasteiger partial charge >= 0.3 is 5.97 Å². The number of methoxy groups -OCH3 is 1. The Balaban J connectivity index is 0.00000225. The fraction of sp³-hybridized carbons (Fsp3) is 0.182. The normalized spacial score (nSPS) is 12.1. The van der Waals surface area contributed by atoms with Gasteiger partial charge in [0.25, 0.3) is 0 Å². The first-order valence-corrected chi connectivity index (χ1v) is 9.26. The van der Waals surface area contributed by atoms with E-state index in [1.54, 1.807) is 12.1 Å². The van der Waals surface area contributed by atoms with Gasteiger partial charge in [0, 0.05) is 27.7 Å². The third kappa shape index (κ3) is 4.13. The van der Waals surface area contributed by atoms with Crippen LogP contribution in [0, 0.1) is 0 Å². The fourth-order valence-electron chi connectivity index (χ4n) is 3.41. The zero-order valence-corrected chi connectivity index (χ0v) is 16.9.